The number of hydrogen-bond donors (Lipinski definition) is 1. The summed E-state index contributed by atoms with van der Waals surface area (Å²) in [6.45, 7) is 5.26. The number of urea groups is 1. The van der Waals surface area contributed by atoms with E-state index in [9.17, 15) is 9.18 Å². The van der Waals surface area contributed by atoms with Gasteiger partial charge in [-0.25, -0.2) is 9.18 Å². The van der Waals surface area contributed by atoms with Gasteiger partial charge in [0.05, 0.1) is 13.2 Å². The molecule has 2 amide bonds. The Kier molecular flexibility index (Phi) is 4.90. The van der Waals surface area contributed by atoms with Crippen LogP contribution in [0.4, 0.5) is 9.18 Å². The zero-order valence-corrected chi connectivity index (χ0v) is 14.5. The fourth-order valence-electron chi connectivity index (χ4n) is 4.08. The van der Waals surface area contributed by atoms with E-state index in [-0.39, 0.29) is 23.8 Å². The highest BCUT2D eigenvalue weighted by atomic mass is 19.1. The van der Waals surface area contributed by atoms with Crippen LogP contribution in [-0.2, 0) is 4.74 Å². The lowest BCUT2D eigenvalue weighted by molar-refractivity contribution is 0.0292. The summed E-state index contributed by atoms with van der Waals surface area (Å²) in [6.07, 6.45) is 3.04. The predicted molar refractivity (Wildman–Crippen MR) is 93.1 cm³/mol. The molecule has 0 bridgehead atoms. The first kappa shape index (κ1) is 16.8. The lowest BCUT2D eigenvalue weighted by Gasteiger charge is -2.33. The van der Waals surface area contributed by atoms with Gasteiger partial charge in [0.2, 0.25) is 0 Å². The number of carbonyl (C=O) groups is 1. The Bertz CT molecular complexity index is 620. The molecular weight excluding hydrogens is 321 g/mol. The number of halogens is 1. The average molecular weight is 347 g/mol. The number of likely N-dealkylation sites (tertiary alicyclic amines) is 1. The summed E-state index contributed by atoms with van der Waals surface area (Å²) in [7, 11) is 0. The highest BCUT2D eigenvalue weighted by molar-refractivity contribution is 5.76. The second kappa shape index (κ2) is 7.30. The van der Waals surface area contributed by atoms with Crippen LogP contribution < -0.4 is 5.32 Å². The maximum absolute atomic E-state index is 13.4. The van der Waals surface area contributed by atoms with Gasteiger partial charge in [-0.3, -0.25) is 4.90 Å². The molecule has 25 heavy (non-hydrogen) atoms. The van der Waals surface area contributed by atoms with Gasteiger partial charge >= 0.3 is 6.03 Å². The molecule has 0 radical (unpaired) electrons. The molecular formula is C19H26FN3O2. The Morgan fingerprint density at radius 3 is 2.92 bits per heavy atom. The van der Waals surface area contributed by atoms with Gasteiger partial charge in [-0.05, 0) is 37.0 Å². The number of nitrogens with one attached hydrogen (secondary N) is 1. The molecule has 3 atom stereocenters. The van der Waals surface area contributed by atoms with Gasteiger partial charge in [-0.2, -0.15) is 0 Å². The van der Waals surface area contributed by atoms with Crippen LogP contribution in [0.5, 0.6) is 0 Å². The third-order valence-electron chi connectivity index (χ3n) is 5.59. The lowest BCUT2D eigenvalue weighted by atomic mass is 10.1. The van der Waals surface area contributed by atoms with E-state index < -0.39 is 0 Å². The van der Waals surface area contributed by atoms with Gasteiger partial charge in [0.25, 0.3) is 0 Å². The van der Waals surface area contributed by atoms with Gasteiger partial charge < -0.3 is 15.0 Å². The quantitative estimate of drug-likeness (QED) is 0.908. The maximum atomic E-state index is 13.4. The molecule has 0 spiro atoms. The number of amides is 2. The molecule has 6 heteroatoms. The lowest BCUT2D eigenvalue weighted by Crippen LogP contribution is -2.49. The van der Waals surface area contributed by atoms with E-state index in [0.29, 0.717) is 6.04 Å². The molecule has 1 saturated carbocycles. The zero-order valence-electron chi connectivity index (χ0n) is 14.5. The van der Waals surface area contributed by atoms with Gasteiger partial charge in [0.1, 0.15) is 5.82 Å². The second-order valence-electron chi connectivity index (χ2n) is 7.36. The Morgan fingerprint density at radius 2 is 2.12 bits per heavy atom. The van der Waals surface area contributed by atoms with Crippen molar-refractivity contribution < 1.29 is 13.9 Å². The molecule has 1 aromatic rings. The van der Waals surface area contributed by atoms with Crippen molar-refractivity contribution >= 4 is 6.03 Å². The Hall–Kier alpha value is -1.66. The van der Waals surface area contributed by atoms with E-state index in [2.05, 4.69) is 10.2 Å². The number of nitrogens with zero attached hydrogens (tertiary/aromatic N) is 2. The zero-order chi connectivity index (χ0) is 17.2. The van der Waals surface area contributed by atoms with Crippen LogP contribution in [-0.4, -0.2) is 67.3 Å². The van der Waals surface area contributed by atoms with Crippen molar-refractivity contribution in [1.82, 2.24) is 15.1 Å². The number of benzene rings is 1. The van der Waals surface area contributed by atoms with Crippen LogP contribution in [0, 0.1) is 5.82 Å². The summed E-state index contributed by atoms with van der Waals surface area (Å²) in [6, 6.07) is 7.19. The molecule has 2 aliphatic heterocycles. The Labute approximate surface area is 148 Å². The van der Waals surface area contributed by atoms with Gasteiger partial charge in [-0.1, -0.05) is 12.1 Å². The minimum Gasteiger partial charge on any atom is -0.379 e. The number of hydrogen-bond acceptors (Lipinski definition) is 3. The summed E-state index contributed by atoms with van der Waals surface area (Å²) in [5, 5.41) is 3.15. The van der Waals surface area contributed by atoms with Gasteiger partial charge in [0, 0.05) is 44.2 Å². The van der Waals surface area contributed by atoms with Crippen molar-refractivity contribution in [3.8, 4) is 0 Å². The fourth-order valence-corrected chi connectivity index (χ4v) is 4.08. The van der Waals surface area contributed by atoms with Crippen molar-refractivity contribution in [2.45, 2.75) is 37.3 Å². The van der Waals surface area contributed by atoms with Crippen LogP contribution in [0.25, 0.3) is 0 Å². The van der Waals surface area contributed by atoms with E-state index in [0.717, 1.165) is 64.2 Å². The Morgan fingerprint density at radius 1 is 1.28 bits per heavy atom. The summed E-state index contributed by atoms with van der Waals surface area (Å²) in [4.78, 5) is 17.1. The monoisotopic (exact) mass is 347 g/mol. The summed E-state index contributed by atoms with van der Waals surface area (Å²) >= 11 is 0. The molecule has 0 aromatic heterocycles. The van der Waals surface area contributed by atoms with E-state index in [1.807, 2.05) is 11.0 Å². The fraction of sp³-hybridized carbons (Fsp3) is 0.632. The largest absolute Gasteiger partial charge is 0.379 e. The van der Waals surface area contributed by atoms with Crippen molar-refractivity contribution in [1.29, 1.82) is 0 Å². The normalized spacial score (nSPS) is 29.6. The summed E-state index contributed by atoms with van der Waals surface area (Å²) in [5.74, 6) is 0.0412. The highest BCUT2D eigenvalue weighted by Gasteiger charge is 2.41. The van der Waals surface area contributed by atoms with E-state index in [1.54, 1.807) is 12.1 Å². The maximum Gasteiger partial charge on any atom is 0.317 e. The minimum absolute atomic E-state index is 0.0414. The van der Waals surface area contributed by atoms with Crippen LogP contribution >= 0.6 is 0 Å². The third-order valence-corrected chi connectivity index (χ3v) is 5.59. The first-order chi connectivity index (χ1) is 12.2. The molecule has 3 aliphatic rings. The van der Waals surface area contributed by atoms with Crippen LogP contribution in [0.2, 0.25) is 0 Å². The topological polar surface area (TPSA) is 44.8 Å². The van der Waals surface area contributed by atoms with Crippen molar-refractivity contribution in [3.63, 3.8) is 0 Å². The molecule has 5 nitrogen and oxygen atoms in total. The summed E-state index contributed by atoms with van der Waals surface area (Å²) < 4.78 is 18.8. The molecule has 1 aromatic carbocycles. The van der Waals surface area contributed by atoms with Crippen LogP contribution in [0.15, 0.2) is 24.3 Å². The number of carbonyl (C=O) groups excluding carboxylic acids is 1. The first-order valence-electron chi connectivity index (χ1n) is 9.33. The number of rotatable bonds is 4. The predicted octanol–water partition coefficient (Wildman–Crippen LogP) is 2.19. The first-order valence-corrected chi connectivity index (χ1v) is 9.33. The van der Waals surface area contributed by atoms with E-state index >= 15 is 0 Å². The molecule has 2 saturated heterocycles. The van der Waals surface area contributed by atoms with Crippen molar-refractivity contribution in [2.24, 2.45) is 0 Å². The molecule has 1 aliphatic carbocycles. The minimum atomic E-state index is -0.209. The molecule has 4 rings (SSSR count). The second-order valence-corrected chi connectivity index (χ2v) is 7.36. The molecule has 3 unspecified atom stereocenters. The molecule has 136 valence electrons. The SMILES string of the molecule is O=C(NC1CC1c1cccc(F)c1)N1CCCC1CN1CCOCC1. The number of morpholine rings is 1. The highest BCUT2D eigenvalue weighted by Crippen LogP contribution is 2.41. The third kappa shape index (κ3) is 3.96. The van der Waals surface area contributed by atoms with E-state index in [1.165, 1.54) is 6.07 Å². The van der Waals surface area contributed by atoms with Gasteiger partial charge in [-0.15, -0.1) is 0 Å². The molecule has 3 fully saturated rings. The van der Waals surface area contributed by atoms with E-state index in [4.69, 9.17) is 4.74 Å². The molecule has 2 heterocycles. The van der Waals surface area contributed by atoms with Crippen molar-refractivity contribution in [3.05, 3.63) is 35.6 Å². The standard InChI is InChI=1S/C19H26FN3O2/c20-15-4-1-3-14(11-15)17-12-18(17)21-19(24)23-6-2-5-16(23)13-22-7-9-25-10-8-22/h1,3-4,11,16-18H,2,5-10,12-13H2,(H,21,24). The average Bonchev–Trinajstić information content (AvgIpc) is 3.22. The van der Waals surface area contributed by atoms with Crippen LogP contribution in [0.3, 0.4) is 0 Å². The van der Waals surface area contributed by atoms with Crippen LogP contribution in [0.1, 0.15) is 30.7 Å². The molecule has 1 N–H and O–H groups in total. The number of ether oxygens (including phenoxy) is 1. The summed E-state index contributed by atoms with van der Waals surface area (Å²) in [5.41, 5.74) is 0.983. The van der Waals surface area contributed by atoms with Crippen molar-refractivity contribution in [2.75, 3.05) is 39.4 Å². The smallest absolute Gasteiger partial charge is 0.317 e. The van der Waals surface area contributed by atoms with Gasteiger partial charge in [0.15, 0.2) is 0 Å². The Balaban J connectivity index is 1.30.